The Hall–Kier alpha value is -2.98. The molecular formula is C22H21N5O3S2. The maximum Gasteiger partial charge on any atom is 0.338 e. The first-order chi connectivity index (χ1) is 15.6. The molecule has 1 aliphatic carbocycles. The van der Waals surface area contributed by atoms with E-state index in [4.69, 9.17) is 4.74 Å². The van der Waals surface area contributed by atoms with Crippen molar-refractivity contribution in [3.05, 3.63) is 46.6 Å². The van der Waals surface area contributed by atoms with Crippen molar-refractivity contribution in [2.24, 2.45) is 0 Å². The number of nitrogens with one attached hydrogen (secondary N) is 1. The third kappa shape index (κ3) is 3.95. The lowest BCUT2D eigenvalue weighted by atomic mass is 9.97. The fourth-order valence-corrected chi connectivity index (χ4v) is 5.79. The summed E-state index contributed by atoms with van der Waals surface area (Å²) in [6.45, 7) is 2.08. The van der Waals surface area contributed by atoms with Crippen molar-refractivity contribution < 1.29 is 14.3 Å². The van der Waals surface area contributed by atoms with E-state index >= 15 is 0 Å². The summed E-state index contributed by atoms with van der Waals surface area (Å²) in [6.07, 6.45) is 6.33. The Morgan fingerprint density at radius 2 is 2.00 bits per heavy atom. The summed E-state index contributed by atoms with van der Waals surface area (Å²) < 4.78 is 6.84. The molecule has 8 nitrogen and oxygen atoms in total. The van der Waals surface area contributed by atoms with Gasteiger partial charge in [0.15, 0.2) is 10.8 Å². The molecule has 164 valence electrons. The monoisotopic (exact) mass is 467 g/mol. The molecule has 0 atom stereocenters. The molecule has 0 aliphatic heterocycles. The van der Waals surface area contributed by atoms with Crippen LogP contribution in [-0.4, -0.2) is 43.8 Å². The number of thiophene rings is 1. The molecule has 1 N–H and O–H groups in total. The highest BCUT2D eigenvalue weighted by atomic mass is 32.2. The van der Waals surface area contributed by atoms with Crippen molar-refractivity contribution >= 4 is 56.5 Å². The molecule has 32 heavy (non-hydrogen) atoms. The lowest BCUT2D eigenvalue weighted by Gasteiger charge is -2.10. The van der Waals surface area contributed by atoms with E-state index in [1.165, 1.54) is 35.0 Å². The number of amides is 1. The van der Waals surface area contributed by atoms with Crippen molar-refractivity contribution in [2.45, 2.75) is 37.8 Å². The van der Waals surface area contributed by atoms with Gasteiger partial charge in [0.25, 0.3) is 0 Å². The second kappa shape index (κ2) is 8.87. The van der Waals surface area contributed by atoms with Gasteiger partial charge in [0.05, 0.1) is 23.3 Å². The molecule has 1 aromatic carbocycles. The van der Waals surface area contributed by atoms with Gasteiger partial charge >= 0.3 is 5.97 Å². The average Bonchev–Trinajstić information content (AvgIpc) is 3.39. The van der Waals surface area contributed by atoms with Crippen LogP contribution in [0.1, 0.15) is 40.6 Å². The number of hydrogen-bond donors (Lipinski definition) is 1. The van der Waals surface area contributed by atoms with Crippen LogP contribution in [-0.2, 0) is 22.4 Å². The van der Waals surface area contributed by atoms with Crippen LogP contribution < -0.4 is 5.32 Å². The molecule has 3 aromatic heterocycles. The molecule has 0 bridgehead atoms. The number of carbonyl (C=O) groups excluding carboxylic acids is 2. The van der Waals surface area contributed by atoms with Crippen LogP contribution in [0.25, 0.3) is 15.9 Å². The van der Waals surface area contributed by atoms with E-state index in [2.05, 4.69) is 20.5 Å². The Morgan fingerprint density at radius 3 is 2.81 bits per heavy atom. The van der Waals surface area contributed by atoms with E-state index in [1.54, 1.807) is 48.9 Å². The summed E-state index contributed by atoms with van der Waals surface area (Å²) in [6, 6.07) is 6.62. The van der Waals surface area contributed by atoms with Crippen molar-refractivity contribution in [1.29, 1.82) is 0 Å². The quantitative estimate of drug-likeness (QED) is 0.336. The summed E-state index contributed by atoms with van der Waals surface area (Å²) in [5, 5.41) is 13.3. The Morgan fingerprint density at radius 1 is 1.19 bits per heavy atom. The molecular weight excluding hydrogens is 446 g/mol. The number of aromatic nitrogens is 4. The van der Waals surface area contributed by atoms with Crippen molar-refractivity contribution in [1.82, 2.24) is 19.6 Å². The zero-order valence-electron chi connectivity index (χ0n) is 17.5. The van der Waals surface area contributed by atoms with E-state index in [0.717, 1.165) is 28.7 Å². The largest absolute Gasteiger partial charge is 0.462 e. The van der Waals surface area contributed by atoms with Gasteiger partial charge in [-0.05, 0) is 62.4 Å². The van der Waals surface area contributed by atoms with Gasteiger partial charge in [0.2, 0.25) is 5.91 Å². The number of hydrogen-bond acceptors (Lipinski definition) is 8. The highest BCUT2D eigenvalue weighted by molar-refractivity contribution is 7.99. The summed E-state index contributed by atoms with van der Waals surface area (Å²) in [4.78, 5) is 31.2. The third-order valence-corrected chi connectivity index (χ3v) is 7.49. The predicted molar refractivity (Wildman–Crippen MR) is 125 cm³/mol. The fraction of sp³-hybridized carbons (Fsp3) is 0.318. The van der Waals surface area contributed by atoms with E-state index in [0.29, 0.717) is 23.0 Å². The molecule has 0 radical (unpaired) electrons. The summed E-state index contributed by atoms with van der Waals surface area (Å²) in [5.74, 6) is -0.368. The van der Waals surface area contributed by atoms with Crippen LogP contribution in [0.3, 0.4) is 0 Å². The minimum atomic E-state index is -0.380. The van der Waals surface area contributed by atoms with Crippen LogP contribution in [0, 0.1) is 0 Å². The van der Waals surface area contributed by atoms with Gasteiger partial charge in [-0.2, -0.15) is 0 Å². The number of ether oxygens (including phenoxy) is 1. The van der Waals surface area contributed by atoms with Crippen molar-refractivity contribution in [3.8, 4) is 0 Å². The first-order valence-corrected chi connectivity index (χ1v) is 12.3. The first kappa shape index (κ1) is 20.9. The minimum absolute atomic E-state index is 0.169. The summed E-state index contributed by atoms with van der Waals surface area (Å²) in [7, 11) is 0. The number of rotatable bonds is 6. The topological polar surface area (TPSA) is 98.5 Å². The highest BCUT2D eigenvalue weighted by Crippen LogP contribution is 2.37. The lowest BCUT2D eigenvalue weighted by Crippen LogP contribution is -2.14. The number of fused-ring (bicyclic) bond motifs is 5. The molecule has 1 aliphatic rings. The molecule has 0 fully saturated rings. The summed E-state index contributed by atoms with van der Waals surface area (Å²) in [5.41, 5.74) is 3.24. The number of esters is 1. The van der Waals surface area contributed by atoms with Gasteiger partial charge in [0, 0.05) is 10.6 Å². The number of benzene rings is 1. The van der Waals surface area contributed by atoms with Crippen LogP contribution in [0.2, 0.25) is 0 Å². The zero-order chi connectivity index (χ0) is 22.1. The normalized spacial score (nSPS) is 13.3. The Labute approximate surface area is 192 Å². The average molecular weight is 468 g/mol. The molecule has 0 saturated heterocycles. The molecule has 10 heteroatoms. The Balaban J connectivity index is 1.28. The Kier molecular flexibility index (Phi) is 5.79. The van der Waals surface area contributed by atoms with Gasteiger partial charge in [-0.1, -0.05) is 11.8 Å². The smallest absolute Gasteiger partial charge is 0.338 e. The van der Waals surface area contributed by atoms with Crippen molar-refractivity contribution in [2.75, 3.05) is 17.7 Å². The first-order valence-electron chi connectivity index (χ1n) is 10.5. The molecule has 0 unspecified atom stereocenters. The van der Waals surface area contributed by atoms with Gasteiger partial charge in [-0.15, -0.1) is 21.5 Å². The number of aryl methyl sites for hydroxylation is 2. The van der Waals surface area contributed by atoms with Crippen LogP contribution >= 0.6 is 23.1 Å². The number of carbonyl (C=O) groups is 2. The van der Waals surface area contributed by atoms with Crippen LogP contribution in [0.4, 0.5) is 5.69 Å². The van der Waals surface area contributed by atoms with Gasteiger partial charge in [-0.3, -0.25) is 9.20 Å². The Bertz CT molecular complexity index is 1310. The van der Waals surface area contributed by atoms with E-state index in [1.807, 2.05) is 4.40 Å². The lowest BCUT2D eigenvalue weighted by molar-refractivity contribution is -0.113. The molecule has 0 saturated carbocycles. The molecule has 3 heterocycles. The van der Waals surface area contributed by atoms with Crippen molar-refractivity contribution in [3.63, 3.8) is 0 Å². The molecule has 4 aromatic rings. The van der Waals surface area contributed by atoms with E-state index < -0.39 is 0 Å². The standard InChI is InChI=1S/C22H21N5O3S2/c1-2-30-21(29)13-7-9-14(10-8-13)24-17(28)11-31-22-26-25-19-18-15-5-3-4-6-16(15)32-20(18)23-12-27(19)22/h7-10,12H,2-6,11H2,1H3,(H,24,28). The fourth-order valence-electron chi connectivity index (χ4n) is 3.86. The second-order valence-electron chi connectivity index (χ2n) is 7.45. The van der Waals surface area contributed by atoms with Gasteiger partial charge in [-0.25, -0.2) is 9.78 Å². The summed E-state index contributed by atoms with van der Waals surface area (Å²) >= 11 is 3.07. The van der Waals surface area contributed by atoms with E-state index in [-0.39, 0.29) is 17.6 Å². The van der Waals surface area contributed by atoms with E-state index in [9.17, 15) is 9.59 Å². The number of thioether (sulfide) groups is 1. The van der Waals surface area contributed by atoms with Crippen LogP contribution in [0.5, 0.6) is 0 Å². The minimum Gasteiger partial charge on any atom is -0.462 e. The SMILES string of the molecule is CCOC(=O)c1ccc(NC(=O)CSc2nnc3c4c5c(sc4ncn23)CCCC5)cc1. The highest BCUT2D eigenvalue weighted by Gasteiger charge is 2.21. The maximum absolute atomic E-state index is 12.4. The maximum atomic E-state index is 12.4. The van der Waals surface area contributed by atoms with Crippen LogP contribution in [0.15, 0.2) is 35.7 Å². The van der Waals surface area contributed by atoms with Gasteiger partial charge in [0.1, 0.15) is 11.2 Å². The number of nitrogens with zero attached hydrogens (tertiary/aromatic N) is 4. The molecule has 1 amide bonds. The third-order valence-electron chi connectivity index (χ3n) is 5.34. The molecule has 0 spiro atoms. The molecule has 5 rings (SSSR count). The number of anilines is 1. The second-order valence-corrected chi connectivity index (χ2v) is 9.47. The van der Waals surface area contributed by atoms with Gasteiger partial charge < -0.3 is 10.1 Å². The predicted octanol–water partition coefficient (Wildman–Crippen LogP) is 4.13. The zero-order valence-corrected chi connectivity index (χ0v) is 19.1.